The first-order valence-corrected chi connectivity index (χ1v) is 8.09. The van der Waals surface area contributed by atoms with Gasteiger partial charge in [0.15, 0.2) is 11.5 Å². The van der Waals surface area contributed by atoms with E-state index in [1.807, 2.05) is 37.3 Å². The van der Waals surface area contributed by atoms with Crippen molar-refractivity contribution in [3.05, 3.63) is 83.0 Å². The van der Waals surface area contributed by atoms with Crippen molar-refractivity contribution < 1.29 is 4.79 Å². The van der Waals surface area contributed by atoms with Gasteiger partial charge in [0.25, 0.3) is 5.91 Å². The number of aromatic nitrogens is 2. The maximum atomic E-state index is 12.2. The molecule has 0 radical (unpaired) electrons. The van der Waals surface area contributed by atoms with Gasteiger partial charge in [-0.05, 0) is 42.8 Å². The van der Waals surface area contributed by atoms with E-state index in [2.05, 4.69) is 26.9 Å². The second kappa shape index (κ2) is 7.90. The van der Waals surface area contributed by atoms with Crippen molar-refractivity contribution in [3.63, 3.8) is 0 Å². The van der Waals surface area contributed by atoms with Crippen molar-refractivity contribution in [1.82, 2.24) is 15.5 Å². The fourth-order valence-corrected chi connectivity index (χ4v) is 2.43. The fraction of sp³-hybridized carbons (Fsp3) is 0.100. The van der Waals surface area contributed by atoms with Crippen LogP contribution in [0.3, 0.4) is 0 Å². The first-order valence-electron chi connectivity index (χ1n) is 8.09. The summed E-state index contributed by atoms with van der Waals surface area (Å²) in [5.41, 5.74) is 3.70. The molecular formula is C20H17N5O. The van der Waals surface area contributed by atoms with Crippen molar-refractivity contribution in [3.8, 4) is 6.07 Å². The molecule has 26 heavy (non-hydrogen) atoms. The molecule has 128 valence electrons. The topological polar surface area (TPSA) is 90.7 Å². The van der Waals surface area contributed by atoms with Crippen LogP contribution in [0.15, 0.2) is 60.7 Å². The van der Waals surface area contributed by atoms with Gasteiger partial charge in [-0.2, -0.15) is 5.26 Å². The van der Waals surface area contributed by atoms with Crippen LogP contribution >= 0.6 is 0 Å². The highest BCUT2D eigenvalue weighted by Crippen LogP contribution is 2.15. The molecule has 3 aromatic rings. The Balaban J connectivity index is 1.61. The standard InChI is InChI=1S/C20H17N5O/c1-14-4-2-6-16(10-14)13-22-20(26)18-8-9-19(25-24-18)23-17-7-3-5-15(11-17)12-21/h2-11H,13H2,1H3,(H,22,26)(H,23,25). The second-order valence-electron chi connectivity index (χ2n) is 5.79. The van der Waals surface area contributed by atoms with Crippen molar-refractivity contribution in [2.45, 2.75) is 13.5 Å². The number of carbonyl (C=O) groups is 1. The summed E-state index contributed by atoms with van der Waals surface area (Å²) in [5.74, 6) is 0.215. The summed E-state index contributed by atoms with van der Waals surface area (Å²) in [4.78, 5) is 12.2. The molecule has 2 N–H and O–H groups in total. The molecule has 0 aliphatic rings. The number of carbonyl (C=O) groups excluding carboxylic acids is 1. The quantitative estimate of drug-likeness (QED) is 0.741. The Morgan fingerprint density at radius 3 is 2.65 bits per heavy atom. The molecule has 1 heterocycles. The average Bonchev–Trinajstić information content (AvgIpc) is 2.67. The summed E-state index contributed by atoms with van der Waals surface area (Å²) < 4.78 is 0. The smallest absolute Gasteiger partial charge is 0.272 e. The van der Waals surface area contributed by atoms with Crippen LogP contribution in [0.4, 0.5) is 11.5 Å². The second-order valence-corrected chi connectivity index (χ2v) is 5.79. The number of nitrogens with zero attached hydrogens (tertiary/aromatic N) is 3. The molecule has 6 nitrogen and oxygen atoms in total. The molecule has 0 aliphatic heterocycles. The molecule has 1 aromatic heterocycles. The number of hydrogen-bond donors (Lipinski definition) is 2. The number of hydrogen-bond acceptors (Lipinski definition) is 5. The van der Waals surface area contributed by atoms with Gasteiger partial charge >= 0.3 is 0 Å². The zero-order valence-corrected chi connectivity index (χ0v) is 14.2. The third-order valence-electron chi connectivity index (χ3n) is 3.70. The van der Waals surface area contributed by atoms with Crippen LogP contribution < -0.4 is 10.6 Å². The number of nitriles is 1. The van der Waals surface area contributed by atoms with Crippen LogP contribution in [0, 0.1) is 18.3 Å². The molecule has 0 aliphatic carbocycles. The minimum Gasteiger partial charge on any atom is -0.347 e. The van der Waals surface area contributed by atoms with Gasteiger partial charge in [-0.3, -0.25) is 4.79 Å². The van der Waals surface area contributed by atoms with Gasteiger partial charge in [-0.1, -0.05) is 35.9 Å². The lowest BCUT2D eigenvalue weighted by molar-refractivity contribution is 0.0945. The molecule has 0 bridgehead atoms. The van der Waals surface area contributed by atoms with E-state index in [0.29, 0.717) is 17.9 Å². The van der Waals surface area contributed by atoms with E-state index >= 15 is 0 Å². The number of anilines is 2. The third-order valence-corrected chi connectivity index (χ3v) is 3.70. The van der Waals surface area contributed by atoms with Crippen LogP contribution in [0.5, 0.6) is 0 Å². The van der Waals surface area contributed by atoms with E-state index in [4.69, 9.17) is 5.26 Å². The van der Waals surface area contributed by atoms with Crippen LogP contribution in [0.25, 0.3) is 0 Å². The van der Waals surface area contributed by atoms with Crippen molar-refractivity contribution >= 4 is 17.4 Å². The zero-order chi connectivity index (χ0) is 18.4. The summed E-state index contributed by atoms with van der Waals surface area (Å²) in [6, 6.07) is 20.3. The zero-order valence-electron chi connectivity index (χ0n) is 14.2. The van der Waals surface area contributed by atoms with Gasteiger partial charge < -0.3 is 10.6 Å². The monoisotopic (exact) mass is 343 g/mol. The number of nitrogens with one attached hydrogen (secondary N) is 2. The van der Waals surface area contributed by atoms with Crippen molar-refractivity contribution in [2.24, 2.45) is 0 Å². The molecule has 3 rings (SSSR count). The van der Waals surface area contributed by atoms with Gasteiger partial charge in [-0.25, -0.2) is 0 Å². The first-order chi connectivity index (χ1) is 12.6. The molecular weight excluding hydrogens is 326 g/mol. The minimum atomic E-state index is -0.281. The number of rotatable bonds is 5. The third kappa shape index (κ3) is 4.42. The molecule has 2 aromatic carbocycles. The van der Waals surface area contributed by atoms with E-state index in [1.165, 1.54) is 0 Å². The molecule has 0 saturated carbocycles. The lowest BCUT2D eigenvalue weighted by atomic mass is 10.1. The Hall–Kier alpha value is -3.72. The van der Waals surface area contributed by atoms with E-state index in [0.717, 1.165) is 16.8 Å². The Labute approximate surface area is 151 Å². The van der Waals surface area contributed by atoms with Crippen LogP contribution in [-0.4, -0.2) is 16.1 Å². The molecule has 6 heteroatoms. The van der Waals surface area contributed by atoms with Crippen LogP contribution in [0.2, 0.25) is 0 Å². The summed E-state index contributed by atoms with van der Waals surface area (Å²) in [5, 5.41) is 22.8. The minimum absolute atomic E-state index is 0.244. The maximum Gasteiger partial charge on any atom is 0.272 e. The molecule has 0 unspecified atom stereocenters. The summed E-state index contributed by atoms with van der Waals surface area (Å²) in [6.45, 7) is 2.44. The molecule has 1 amide bonds. The maximum absolute atomic E-state index is 12.2. The van der Waals surface area contributed by atoms with E-state index in [-0.39, 0.29) is 11.6 Å². The van der Waals surface area contributed by atoms with Gasteiger partial charge in [0.2, 0.25) is 0 Å². The van der Waals surface area contributed by atoms with Gasteiger partial charge in [0.05, 0.1) is 11.6 Å². The Morgan fingerprint density at radius 2 is 1.92 bits per heavy atom. The van der Waals surface area contributed by atoms with E-state index < -0.39 is 0 Å². The summed E-state index contributed by atoms with van der Waals surface area (Å²) >= 11 is 0. The molecule has 0 atom stereocenters. The lowest BCUT2D eigenvalue weighted by Crippen LogP contribution is -2.24. The highest BCUT2D eigenvalue weighted by molar-refractivity contribution is 5.92. The van der Waals surface area contributed by atoms with Crippen LogP contribution in [-0.2, 0) is 6.54 Å². The van der Waals surface area contributed by atoms with Crippen LogP contribution in [0.1, 0.15) is 27.2 Å². The highest BCUT2D eigenvalue weighted by Gasteiger charge is 2.08. The highest BCUT2D eigenvalue weighted by atomic mass is 16.1. The van der Waals surface area contributed by atoms with Gasteiger partial charge in [0.1, 0.15) is 0 Å². The number of aryl methyl sites for hydroxylation is 1. The Kier molecular flexibility index (Phi) is 5.20. The molecule has 0 saturated heterocycles. The summed E-state index contributed by atoms with van der Waals surface area (Å²) in [7, 11) is 0. The average molecular weight is 343 g/mol. The lowest BCUT2D eigenvalue weighted by Gasteiger charge is -2.07. The van der Waals surface area contributed by atoms with Crippen molar-refractivity contribution in [1.29, 1.82) is 5.26 Å². The fourth-order valence-electron chi connectivity index (χ4n) is 2.43. The largest absolute Gasteiger partial charge is 0.347 e. The predicted octanol–water partition coefficient (Wildman–Crippen LogP) is 3.33. The first kappa shape index (κ1) is 17.1. The van der Waals surface area contributed by atoms with Gasteiger partial charge in [-0.15, -0.1) is 10.2 Å². The normalized spacial score (nSPS) is 10.0. The Morgan fingerprint density at radius 1 is 1.08 bits per heavy atom. The SMILES string of the molecule is Cc1cccc(CNC(=O)c2ccc(Nc3cccc(C#N)c3)nn2)c1. The molecule has 0 spiro atoms. The predicted molar refractivity (Wildman–Crippen MR) is 98.8 cm³/mol. The summed E-state index contributed by atoms with van der Waals surface area (Å²) in [6.07, 6.45) is 0. The van der Waals surface area contributed by atoms with E-state index in [1.54, 1.807) is 30.3 Å². The number of benzene rings is 2. The van der Waals surface area contributed by atoms with Gasteiger partial charge in [0, 0.05) is 12.2 Å². The molecule has 0 fully saturated rings. The number of amides is 1. The van der Waals surface area contributed by atoms with E-state index in [9.17, 15) is 4.79 Å². The Bertz CT molecular complexity index is 960. The van der Waals surface area contributed by atoms with Crippen molar-refractivity contribution in [2.75, 3.05) is 5.32 Å².